The Labute approximate surface area is 109 Å². The van der Waals surface area contributed by atoms with Crippen LogP contribution >= 0.6 is 12.4 Å². The van der Waals surface area contributed by atoms with E-state index in [4.69, 9.17) is 0 Å². The highest BCUT2D eigenvalue weighted by Gasteiger charge is 2.35. The maximum atomic E-state index is 4.35. The number of halogens is 1. The maximum absolute atomic E-state index is 4.35. The van der Waals surface area contributed by atoms with Crippen molar-refractivity contribution in [2.75, 3.05) is 26.2 Å². The SMILES string of the molecule is Cc1ccc(CN2C[C@H]3CNC[C@H]3C2)cn1.Cl. The summed E-state index contributed by atoms with van der Waals surface area (Å²) in [6, 6.07) is 4.31. The molecule has 0 spiro atoms. The van der Waals surface area contributed by atoms with Crippen molar-refractivity contribution in [2.45, 2.75) is 13.5 Å². The fraction of sp³-hybridized carbons (Fsp3) is 0.615. The van der Waals surface area contributed by atoms with Crippen LogP contribution in [0.3, 0.4) is 0 Å². The standard InChI is InChI=1S/C13H19N3.ClH/c1-10-2-3-11(4-15-10)7-16-8-12-5-14-6-13(12)9-16;/h2-4,12-14H,5-9H2,1H3;1H/t12-,13+;. The molecule has 2 atom stereocenters. The summed E-state index contributed by atoms with van der Waals surface area (Å²) in [6.45, 7) is 8.05. The molecule has 94 valence electrons. The summed E-state index contributed by atoms with van der Waals surface area (Å²) in [5, 5.41) is 3.48. The molecule has 17 heavy (non-hydrogen) atoms. The van der Waals surface area contributed by atoms with E-state index < -0.39 is 0 Å². The lowest BCUT2D eigenvalue weighted by atomic mass is 10.0. The molecule has 1 N–H and O–H groups in total. The molecule has 0 amide bonds. The highest BCUT2D eigenvalue weighted by atomic mass is 35.5. The number of hydrogen-bond donors (Lipinski definition) is 1. The summed E-state index contributed by atoms with van der Waals surface area (Å²) >= 11 is 0. The normalized spacial score (nSPS) is 27.8. The molecule has 2 aliphatic rings. The molecule has 2 aliphatic heterocycles. The first-order valence-electron chi connectivity index (χ1n) is 6.16. The monoisotopic (exact) mass is 253 g/mol. The van der Waals surface area contributed by atoms with Crippen molar-refractivity contribution >= 4 is 12.4 Å². The van der Waals surface area contributed by atoms with Crippen LogP contribution in [0.25, 0.3) is 0 Å². The largest absolute Gasteiger partial charge is 0.316 e. The molecule has 3 heterocycles. The van der Waals surface area contributed by atoms with Gasteiger partial charge in [0.15, 0.2) is 0 Å². The summed E-state index contributed by atoms with van der Waals surface area (Å²) in [6.07, 6.45) is 2.02. The third kappa shape index (κ3) is 2.79. The molecule has 0 aliphatic carbocycles. The topological polar surface area (TPSA) is 28.2 Å². The Bertz CT molecular complexity index is 353. The second kappa shape index (κ2) is 5.34. The van der Waals surface area contributed by atoms with Gasteiger partial charge in [0.05, 0.1) is 0 Å². The number of aryl methyl sites for hydroxylation is 1. The Morgan fingerprint density at radius 3 is 2.59 bits per heavy atom. The molecular formula is C13H20ClN3. The van der Waals surface area contributed by atoms with Crippen molar-refractivity contribution in [1.82, 2.24) is 15.2 Å². The van der Waals surface area contributed by atoms with E-state index >= 15 is 0 Å². The molecule has 1 aromatic rings. The first kappa shape index (κ1) is 12.8. The smallest absolute Gasteiger partial charge is 0.0372 e. The summed E-state index contributed by atoms with van der Waals surface area (Å²) in [5.74, 6) is 1.77. The van der Waals surface area contributed by atoms with Crippen molar-refractivity contribution in [1.29, 1.82) is 0 Å². The number of rotatable bonds is 2. The van der Waals surface area contributed by atoms with Crippen LogP contribution < -0.4 is 5.32 Å². The number of nitrogens with one attached hydrogen (secondary N) is 1. The molecule has 3 nitrogen and oxygen atoms in total. The van der Waals surface area contributed by atoms with Gasteiger partial charge in [0.25, 0.3) is 0 Å². The van der Waals surface area contributed by atoms with E-state index in [2.05, 4.69) is 27.3 Å². The predicted octanol–water partition coefficient (Wildman–Crippen LogP) is 1.46. The number of fused-ring (bicyclic) bond motifs is 1. The minimum atomic E-state index is 0. The van der Waals surface area contributed by atoms with Crippen molar-refractivity contribution in [3.63, 3.8) is 0 Å². The third-order valence-corrected chi connectivity index (χ3v) is 3.84. The molecular weight excluding hydrogens is 234 g/mol. The van der Waals surface area contributed by atoms with Crippen LogP contribution in [-0.2, 0) is 6.54 Å². The maximum Gasteiger partial charge on any atom is 0.0372 e. The van der Waals surface area contributed by atoms with Gasteiger partial charge in [0.1, 0.15) is 0 Å². The average Bonchev–Trinajstić information content (AvgIpc) is 2.81. The van der Waals surface area contributed by atoms with Crippen molar-refractivity contribution in [2.24, 2.45) is 11.8 Å². The second-order valence-electron chi connectivity index (χ2n) is 5.18. The van der Waals surface area contributed by atoms with E-state index in [1.807, 2.05) is 13.1 Å². The van der Waals surface area contributed by atoms with Crippen LogP contribution in [-0.4, -0.2) is 36.1 Å². The number of hydrogen-bond acceptors (Lipinski definition) is 3. The van der Waals surface area contributed by atoms with Crippen molar-refractivity contribution in [3.8, 4) is 0 Å². The molecule has 1 aromatic heterocycles. The van der Waals surface area contributed by atoms with Gasteiger partial charge in [0, 0.05) is 31.5 Å². The van der Waals surface area contributed by atoms with Gasteiger partial charge in [-0.3, -0.25) is 9.88 Å². The zero-order valence-electron chi connectivity index (χ0n) is 10.2. The van der Waals surface area contributed by atoms with E-state index in [9.17, 15) is 0 Å². The minimum Gasteiger partial charge on any atom is -0.316 e. The van der Waals surface area contributed by atoms with E-state index in [0.717, 1.165) is 24.1 Å². The highest BCUT2D eigenvalue weighted by molar-refractivity contribution is 5.85. The zero-order valence-corrected chi connectivity index (χ0v) is 11.0. The Morgan fingerprint density at radius 1 is 1.29 bits per heavy atom. The molecule has 0 unspecified atom stereocenters. The second-order valence-corrected chi connectivity index (χ2v) is 5.18. The summed E-state index contributed by atoms with van der Waals surface area (Å²) in [4.78, 5) is 6.93. The molecule has 0 radical (unpaired) electrons. The van der Waals surface area contributed by atoms with Gasteiger partial charge < -0.3 is 5.32 Å². The van der Waals surface area contributed by atoms with Crippen LogP contribution in [0.2, 0.25) is 0 Å². The van der Waals surface area contributed by atoms with Crippen LogP contribution in [0.15, 0.2) is 18.3 Å². The van der Waals surface area contributed by atoms with Crippen molar-refractivity contribution < 1.29 is 0 Å². The molecule has 3 rings (SSSR count). The van der Waals surface area contributed by atoms with Gasteiger partial charge in [0.2, 0.25) is 0 Å². The van der Waals surface area contributed by atoms with Crippen LogP contribution in [0.5, 0.6) is 0 Å². The lowest BCUT2D eigenvalue weighted by Crippen LogP contribution is -2.25. The van der Waals surface area contributed by atoms with Gasteiger partial charge in [-0.05, 0) is 43.5 Å². The fourth-order valence-electron chi connectivity index (χ4n) is 2.93. The third-order valence-electron chi connectivity index (χ3n) is 3.84. The predicted molar refractivity (Wildman–Crippen MR) is 71.3 cm³/mol. The van der Waals surface area contributed by atoms with Gasteiger partial charge in [-0.1, -0.05) is 6.07 Å². The fourth-order valence-corrected chi connectivity index (χ4v) is 2.93. The van der Waals surface area contributed by atoms with Gasteiger partial charge in [-0.15, -0.1) is 12.4 Å². The Balaban J connectivity index is 0.00000108. The van der Waals surface area contributed by atoms with Crippen molar-refractivity contribution in [3.05, 3.63) is 29.6 Å². The molecule has 0 bridgehead atoms. The number of likely N-dealkylation sites (tertiary alicyclic amines) is 1. The summed E-state index contributed by atoms with van der Waals surface area (Å²) < 4.78 is 0. The Morgan fingerprint density at radius 2 is 2.00 bits per heavy atom. The van der Waals surface area contributed by atoms with E-state index in [1.54, 1.807) is 0 Å². The summed E-state index contributed by atoms with van der Waals surface area (Å²) in [5.41, 5.74) is 2.45. The lowest BCUT2D eigenvalue weighted by molar-refractivity contribution is 0.305. The average molecular weight is 254 g/mol. The van der Waals surface area contributed by atoms with E-state index in [0.29, 0.717) is 0 Å². The van der Waals surface area contributed by atoms with Gasteiger partial charge in [-0.25, -0.2) is 0 Å². The summed E-state index contributed by atoms with van der Waals surface area (Å²) in [7, 11) is 0. The molecule has 0 saturated carbocycles. The molecule has 2 fully saturated rings. The lowest BCUT2D eigenvalue weighted by Gasteiger charge is -2.16. The molecule has 2 saturated heterocycles. The Kier molecular flexibility index (Phi) is 4.02. The van der Waals surface area contributed by atoms with Gasteiger partial charge >= 0.3 is 0 Å². The van der Waals surface area contributed by atoms with E-state index in [-0.39, 0.29) is 12.4 Å². The van der Waals surface area contributed by atoms with Crippen LogP contribution in [0.4, 0.5) is 0 Å². The minimum absolute atomic E-state index is 0. The van der Waals surface area contributed by atoms with Crippen LogP contribution in [0, 0.1) is 18.8 Å². The first-order chi connectivity index (χ1) is 7.81. The number of nitrogens with zero attached hydrogens (tertiary/aromatic N) is 2. The number of aromatic nitrogens is 1. The van der Waals surface area contributed by atoms with Crippen LogP contribution in [0.1, 0.15) is 11.3 Å². The molecule has 4 heteroatoms. The van der Waals surface area contributed by atoms with Gasteiger partial charge in [-0.2, -0.15) is 0 Å². The zero-order chi connectivity index (χ0) is 11.0. The molecule has 0 aromatic carbocycles. The Hall–Kier alpha value is -0.640. The van der Waals surface area contributed by atoms with E-state index in [1.165, 1.54) is 31.7 Å². The first-order valence-corrected chi connectivity index (χ1v) is 6.16. The quantitative estimate of drug-likeness (QED) is 0.865. The number of pyridine rings is 1. The highest BCUT2D eigenvalue weighted by Crippen LogP contribution is 2.27.